The highest BCUT2D eigenvalue weighted by atomic mass is 19.1. The SMILES string of the molecule is Cc1ccc2[nH]c(=O)c(CCNC(=O)C3(c4ccccc4F)CC3)cc2c1. The Hall–Kier alpha value is -2.95. The van der Waals surface area contributed by atoms with Gasteiger partial charge in [0.25, 0.3) is 5.56 Å². The number of fused-ring (bicyclic) bond motifs is 1. The van der Waals surface area contributed by atoms with Crippen LogP contribution in [0.3, 0.4) is 0 Å². The molecule has 5 heteroatoms. The first-order chi connectivity index (χ1) is 13.0. The van der Waals surface area contributed by atoms with Gasteiger partial charge in [-0.3, -0.25) is 9.59 Å². The zero-order chi connectivity index (χ0) is 19.0. The number of aromatic amines is 1. The van der Waals surface area contributed by atoms with Gasteiger partial charge in [0.15, 0.2) is 0 Å². The van der Waals surface area contributed by atoms with Crippen LogP contribution in [0.15, 0.2) is 53.3 Å². The van der Waals surface area contributed by atoms with Crippen LogP contribution in [0.2, 0.25) is 0 Å². The highest BCUT2D eigenvalue weighted by Gasteiger charge is 2.52. The first-order valence-electron chi connectivity index (χ1n) is 9.15. The lowest BCUT2D eigenvalue weighted by Gasteiger charge is -2.16. The molecule has 4 rings (SSSR count). The largest absolute Gasteiger partial charge is 0.355 e. The Balaban J connectivity index is 1.46. The number of carbonyl (C=O) groups excluding carboxylic acids is 1. The number of nitrogens with one attached hydrogen (secondary N) is 2. The maximum Gasteiger partial charge on any atom is 0.251 e. The Labute approximate surface area is 156 Å². The third-order valence-corrected chi connectivity index (χ3v) is 5.33. The number of hydrogen-bond acceptors (Lipinski definition) is 2. The number of aryl methyl sites for hydroxylation is 1. The molecule has 1 aliphatic rings. The summed E-state index contributed by atoms with van der Waals surface area (Å²) in [7, 11) is 0. The number of amides is 1. The summed E-state index contributed by atoms with van der Waals surface area (Å²) in [4.78, 5) is 27.8. The summed E-state index contributed by atoms with van der Waals surface area (Å²) < 4.78 is 14.1. The molecule has 0 unspecified atom stereocenters. The van der Waals surface area contributed by atoms with Gasteiger partial charge in [0, 0.05) is 23.2 Å². The van der Waals surface area contributed by atoms with E-state index in [-0.39, 0.29) is 17.3 Å². The van der Waals surface area contributed by atoms with Crippen LogP contribution in [0.4, 0.5) is 4.39 Å². The molecule has 1 heterocycles. The second-order valence-corrected chi connectivity index (χ2v) is 7.28. The molecule has 0 spiro atoms. The molecule has 2 N–H and O–H groups in total. The summed E-state index contributed by atoms with van der Waals surface area (Å²) in [5.74, 6) is -0.507. The Morgan fingerprint density at radius 1 is 1.19 bits per heavy atom. The Bertz CT molecular complexity index is 1080. The number of aromatic nitrogens is 1. The number of H-pyrrole nitrogens is 1. The van der Waals surface area contributed by atoms with Crippen LogP contribution in [0.25, 0.3) is 10.9 Å². The minimum absolute atomic E-state index is 0.143. The van der Waals surface area contributed by atoms with E-state index in [0.717, 1.165) is 16.5 Å². The van der Waals surface area contributed by atoms with Crippen LogP contribution in [-0.2, 0) is 16.6 Å². The number of benzene rings is 2. The molecule has 0 bridgehead atoms. The van der Waals surface area contributed by atoms with Crippen molar-refractivity contribution in [3.63, 3.8) is 0 Å². The first kappa shape index (κ1) is 17.5. The molecule has 0 radical (unpaired) electrons. The summed E-state index contributed by atoms with van der Waals surface area (Å²) in [5.41, 5.74) is 2.11. The predicted octanol–water partition coefficient (Wildman–Crippen LogP) is 3.37. The van der Waals surface area contributed by atoms with Gasteiger partial charge in [-0.1, -0.05) is 29.8 Å². The Morgan fingerprint density at radius 3 is 2.70 bits per heavy atom. The molecule has 1 aromatic heterocycles. The second kappa shape index (κ2) is 6.65. The number of carbonyl (C=O) groups is 1. The van der Waals surface area contributed by atoms with E-state index in [1.165, 1.54) is 6.07 Å². The molecular weight excluding hydrogens is 343 g/mol. The van der Waals surface area contributed by atoms with E-state index in [4.69, 9.17) is 0 Å². The van der Waals surface area contributed by atoms with Crippen LogP contribution in [0, 0.1) is 12.7 Å². The third-order valence-electron chi connectivity index (χ3n) is 5.33. The molecule has 1 fully saturated rings. The monoisotopic (exact) mass is 364 g/mol. The fourth-order valence-corrected chi connectivity index (χ4v) is 3.63. The average Bonchev–Trinajstić information content (AvgIpc) is 3.44. The predicted molar refractivity (Wildman–Crippen MR) is 103 cm³/mol. The van der Waals surface area contributed by atoms with E-state index in [2.05, 4.69) is 10.3 Å². The van der Waals surface area contributed by atoms with Crippen molar-refractivity contribution < 1.29 is 9.18 Å². The minimum atomic E-state index is -0.752. The lowest BCUT2D eigenvalue weighted by molar-refractivity contribution is -0.123. The van der Waals surface area contributed by atoms with E-state index < -0.39 is 5.41 Å². The van der Waals surface area contributed by atoms with Crippen molar-refractivity contribution in [3.05, 3.63) is 81.4 Å². The van der Waals surface area contributed by atoms with Crippen LogP contribution >= 0.6 is 0 Å². The number of pyridine rings is 1. The van der Waals surface area contributed by atoms with Gasteiger partial charge in [-0.2, -0.15) is 0 Å². The van der Waals surface area contributed by atoms with Crippen molar-refractivity contribution in [1.82, 2.24) is 10.3 Å². The summed E-state index contributed by atoms with van der Waals surface area (Å²) in [6.07, 6.45) is 1.73. The van der Waals surface area contributed by atoms with Gasteiger partial charge in [-0.05, 0) is 55.8 Å². The van der Waals surface area contributed by atoms with E-state index in [1.807, 2.05) is 31.2 Å². The number of rotatable bonds is 5. The van der Waals surface area contributed by atoms with Crippen LogP contribution in [-0.4, -0.2) is 17.4 Å². The molecular formula is C22H21FN2O2. The van der Waals surface area contributed by atoms with Crippen LogP contribution in [0.5, 0.6) is 0 Å². The lowest BCUT2D eigenvalue weighted by atomic mass is 9.94. The number of hydrogen-bond donors (Lipinski definition) is 2. The molecule has 4 nitrogen and oxygen atoms in total. The van der Waals surface area contributed by atoms with Gasteiger partial charge in [0.2, 0.25) is 5.91 Å². The molecule has 2 aromatic carbocycles. The molecule has 0 atom stereocenters. The average molecular weight is 364 g/mol. The topological polar surface area (TPSA) is 62.0 Å². The molecule has 0 aliphatic heterocycles. The summed E-state index contributed by atoms with van der Waals surface area (Å²) in [6.45, 7) is 2.34. The summed E-state index contributed by atoms with van der Waals surface area (Å²) >= 11 is 0. The van der Waals surface area contributed by atoms with E-state index in [1.54, 1.807) is 18.2 Å². The summed E-state index contributed by atoms with van der Waals surface area (Å²) in [5, 5.41) is 3.86. The normalized spacial score (nSPS) is 14.9. The lowest BCUT2D eigenvalue weighted by Crippen LogP contribution is -2.37. The van der Waals surface area contributed by atoms with Crippen LogP contribution < -0.4 is 10.9 Å². The Kier molecular flexibility index (Phi) is 4.30. The Morgan fingerprint density at radius 2 is 1.96 bits per heavy atom. The van der Waals surface area contributed by atoms with Gasteiger partial charge < -0.3 is 10.3 Å². The first-order valence-corrected chi connectivity index (χ1v) is 9.15. The van der Waals surface area contributed by atoms with Gasteiger partial charge >= 0.3 is 0 Å². The third kappa shape index (κ3) is 3.25. The number of halogens is 1. The van der Waals surface area contributed by atoms with E-state index in [0.29, 0.717) is 36.9 Å². The fraction of sp³-hybridized carbons (Fsp3) is 0.273. The van der Waals surface area contributed by atoms with Crippen molar-refractivity contribution in [3.8, 4) is 0 Å². The molecule has 1 saturated carbocycles. The van der Waals surface area contributed by atoms with Crippen molar-refractivity contribution in [2.75, 3.05) is 6.54 Å². The van der Waals surface area contributed by atoms with Crippen molar-refractivity contribution >= 4 is 16.8 Å². The molecule has 27 heavy (non-hydrogen) atoms. The molecule has 0 saturated heterocycles. The molecule has 1 amide bonds. The van der Waals surface area contributed by atoms with Crippen molar-refractivity contribution in [2.24, 2.45) is 0 Å². The van der Waals surface area contributed by atoms with Gasteiger partial charge in [-0.15, -0.1) is 0 Å². The minimum Gasteiger partial charge on any atom is -0.355 e. The molecule has 1 aliphatic carbocycles. The molecule has 3 aromatic rings. The zero-order valence-electron chi connectivity index (χ0n) is 15.1. The zero-order valence-corrected chi connectivity index (χ0v) is 15.1. The standard InChI is InChI=1S/C22H21FN2O2/c1-14-6-7-19-16(12-14)13-15(20(26)25-19)8-11-24-21(27)22(9-10-22)17-4-2-3-5-18(17)23/h2-7,12-13H,8-11H2,1H3,(H,24,27)(H,25,26). The van der Waals surface area contributed by atoms with E-state index in [9.17, 15) is 14.0 Å². The molecule has 138 valence electrons. The van der Waals surface area contributed by atoms with Gasteiger partial charge in [-0.25, -0.2) is 4.39 Å². The smallest absolute Gasteiger partial charge is 0.251 e. The van der Waals surface area contributed by atoms with Gasteiger partial charge in [0.1, 0.15) is 5.82 Å². The van der Waals surface area contributed by atoms with Crippen molar-refractivity contribution in [1.29, 1.82) is 0 Å². The summed E-state index contributed by atoms with van der Waals surface area (Å²) in [6, 6.07) is 14.2. The maximum absolute atomic E-state index is 14.1. The van der Waals surface area contributed by atoms with Crippen molar-refractivity contribution in [2.45, 2.75) is 31.6 Å². The fourth-order valence-electron chi connectivity index (χ4n) is 3.63. The second-order valence-electron chi connectivity index (χ2n) is 7.28. The van der Waals surface area contributed by atoms with E-state index >= 15 is 0 Å². The van der Waals surface area contributed by atoms with Gasteiger partial charge in [0.05, 0.1) is 5.41 Å². The highest BCUT2D eigenvalue weighted by Crippen LogP contribution is 2.49. The maximum atomic E-state index is 14.1. The quantitative estimate of drug-likeness (QED) is 0.729. The van der Waals surface area contributed by atoms with Crippen LogP contribution in [0.1, 0.15) is 29.5 Å². The highest BCUT2D eigenvalue weighted by molar-refractivity contribution is 5.91.